The van der Waals surface area contributed by atoms with Gasteiger partial charge in [-0.1, -0.05) is 51.1 Å². The quantitative estimate of drug-likeness (QED) is 0.556. The molecule has 1 aliphatic rings. The summed E-state index contributed by atoms with van der Waals surface area (Å²) in [7, 11) is 2.61. The van der Waals surface area contributed by atoms with Gasteiger partial charge in [0.25, 0.3) is 0 Å². The largest absolute Gasteiger partial charge is 0.392 e. The highest BCUT2D eigenvalue weighted by Crippen LogP contribution is 2.06. The van der Waals surface area contributed by atoms with E-state index in [1.807, 2.05) is 13.0 Å². The van der Waals surface area contributed by atoms with E-state index in [2.05, 4.69) is 73.9 Å². The normalized spacial score (nSPS) is 20.2. The maximum Gasteiger partial charge on any atom is 0.0639 e. The highest BCUT2D eigenvalue weighted by molar-refractivity contribution is 7.17. The molecule has 1 fully saturated rings. The topological polar surface area (TPSA) is 59.2 Å². The number of nitrogens with zero attached hydrogens (tertiary/aromatic N) is 4. The zero-order valence-corrected chi connectivity index (χ0v) is 23.0. The van der Waals surface area contributed by atoms with E-state index in [1.54, 1.807) is 0 Å². The zero-order chi connectivity index (χ0) is 24.5. The molecule has 1 saturated heterocycles. The van der Waals surface area contributed by atoms with Crippen molar-refractivity contribution in [3.8, 4) is 0 Å². The first-order chi connectivity index (χ1) is 15.9. The number of hydrogen-bond acceptors (Lipinski definition) is 6. The summed E-state index contributed by atoms with van der Waals surface area (Å²) in [4.78, 5) is 10.1. The SMILES string of the molecule is CCN1CCN(CC)CCN(CC(C)O)CCN(CC)CC1.NC(P)CCc1ccccc1. The Labute approximate surface area is 206 Å². The average Bonchev–Trinajstić information content (AvgIpc) is 2.80. The van der Waals surface area contributed by atoms with Gasteiger partial charge in [0.15, 0.2) is 0 Å². The molecule has 1 aliphatic heterocycles. The third-order valence-corrected chi connectivity index (χ3v) is 6.74. The van der Waals surface area contributed by atoms with Crippen LogP contribution in [0.1, 0.15) is 39.7 Å². The van der Waals surface area contributed by atoms with Crippen LogP contribution >= 0.6 is 9.24 Å². The van der Waals surface area contributed by atoms with Gasteiger partial charge in [0.05, 0.1) is 6.10 Å². The number of benzene rings is 1. The summed E-state index contributed by atoms with van der Waals surface area (Å²) in [5, 5.41) is 9.73. The fourth-order valence-electron chi connectivity index (χ4n) is 4.06. The Morgan fingerprint density at radius 1 is 0.788 bits per heavy atom. The molecule has 7 heteroatoms. The Kier molecular flexibility index (Phi) is 17.3. The van der Waals surface area contributed by atoms with Gasteiger partial charge < -0.3 is 25.5 Å². The molecule has 1 aromatic rings. The summed E-state index contributed by atoms with van der Waals surface area (Å²) in [6, 6.07) is 10.4. The maximum atomic E-state index is 9.73. The van der Waals surface area contributed by atoms with Gasteiger partial charge >= 0.3 is 0 Å². The van der Waals surface area contributed by atoms with E-state index in [0.29, 0.717) is 0 Å². The van der Waals surface area contributed by atoms with Gasteiger partial charge in [-0.3, -0.25) is 4.90 Å². The summed E-state index contributed by atoms with van der Waals surface area (Å²) in [5.41, 5.74) is 6.97. The second-order valence-electron chi connectivity index (χ2n) is 9.14. The molecule has 0 radical (unpaired) electrons. The molecule has 1 aromatic carbocycles. The predicted octanol–water partition coefficient (Wildman–Crippen LogP) is 2.43. The number of rotatable bonds is 8. The first kappa shape index (κ1) is 30.4. The molecule has 192 valence electrons. The molecular weight excluding hydrogens is 429 g/mol. The van der Waals surface area contributed by atoms with Crippen LogP contribution in [0.5, 0.6) is 0 Å². The predicted molar refractivity (Wildman–Crippen MR) is 147 cm³/mol. The summed E-state index contributed by atoms with van der Waals surface area (Å²) in [6.45, 7) is 21.8. The number of aryl methyl sites for hydroxylation is 1. The molecule has 0 amide bonds. The van der Waals surface area contributed by atoms with E-state index in [9.17, 15) is 5.11 Å². The molecule has 6 nitrogen and oxygen atoms in total. The minimum Gasteiger partial charge on any atom is -0.392 e. The number of hydrogen-bond donors (Lipinski definition) is 2. The Morgan fingerprint density at radius 3 is 1.52 bits per heavy atom. The lowest BCUT2D eigenvalue weighted by Gasteiger charge is -2.33. The van der Waals surface area contributed by atoms with Crippen molar-refractivity contribution in [2.45, 2.75) is 52.4 Å². The van der Waals surface area contributed by atoms with Gasteiger partial charge in [-0.15, -0.1) is 9.24 Å². The van der Waals surface area contributed by atoms with Crippen molar-refractivity contribution >= 4 is 9.24 Å². The number of β-amino-alcohol motifs (C(OH)–C–C–N with tert-alkyl or cyclic N) is 1. The van der Waals surface area contributed by atoms with Crippen molar-refractivity contribution in [1.82, 2.24) is 19.6 Å². The van der Waals surface area contributed by atoms with E-state index >= 15 is 0 Å². The number of aliphatic hydroxyl groups excluding tert-OH is 1. The molecule has 0 aliphatic carbocycles. The van der Waals surface area contributed by atoms with E-state index in [-0.39, 0.29) is 11.9 Å². The fourth-order valence-corrected chi connectivity index (χ4v) is 4.23. The summed E-state index contributed by atoms with van der Waals surface area (Å²) in [6.07, 6.45) is 1.87. The summed E-state index contributed by atoms with van der Waals surface area (Å²) >= 11 is 0. The number of aliphatic hydroxyl groups is 1. The van der Waals surface area contributed by atoms with E-state index < -0.39 is 0 Å². The minimum absolute atomic E-state index is 0.232. The van der Waals surface area contributed by atoms with E-state index in [4.69, 9.17) is 5.73 Å². The smallest absolute Gasteiger partial charge is 0.0639 e. The van der Waals surface area contributed by atoms with Crippen molar-refractivity contribution < 1.29 is 5.11 Å². The van der Waals surface area contributed by atoms with Crippen LogP contribution in [0.15, 0.2) is 30.3 Å². The average molecular weight is 482 g/mol. The Hall–Kier alpha value is -0.590. The lowest BCUT2D eigenvalue weighted by atomic mass is 10.1. The van der Waals surface area contributed by atoms with Gasteiger partial charge in [-0.25, -0.2) is 0 Å². The van der Waals surface area contributed by atoms with Crippen LogP contribution in [0, 0.1) is 0 Å². The number of likely N-dealkylation sites (N-methyl/N-ethyl adjacent to an activating group) is 3. The fraction of sp³-hybridized carbons (Fsp3) is 0.769. The molecule has 0 spiro atoms. The Morgan fingerprint density at radius 2 is 1.18 bits per heavy atom. The van der Waals surface area contributed by atoms with E-state index in [1.165, 1.54) is 5.56 Å². The van der Waals surface area contributed by atoms with Crippen LogP contribution < -0.4 is 5.73 Å². The van der Waals surface area contributed by atoms with Crippen molar-refractivity contribution in [2.24, 2.45) is 5.73 Å². The molecule has 3 unspecified atom stereocenters. The standard InChI is InChI=1S/C17H38N4O.C9H14NP/c1-5-18-8-10-19(6-2)12-14-21(16-17(4)22)15-13-20(7-3)11-9-18;10-9(11)7-6-8-4-2-1-3-5-8/h17,22H,5-16H2,1-4H3;1-5,9H,6-7,10-11H2. The van der Waals surface area contributed by atoms with Gasteiger partial charge in [0.2, 0.25) is 0 Å². The molecule has 2 rings (SSSR count). The van der Waals surface area contributed by atoms with Crippen LogP contribution in [0.25, 0.3) is 0 Å². The molecule has 1 heterocycles. The number of nitrogens with two attached hydrogens (primary N) is 1. The second kappa shape index (κ2) is 18.7. The first-order valence-corrected chi connectivity index (χ1v) is 13.7. The van der Waals surface area contributed by atoms with Crippen molar-refractivity contribution in [3.05, 3.63) is 35.9 Å². The highest BCUT2D eigenvalue weighted by Gasteiger charge is 2.15. The van der Waals surface area contributed by atoms with Crippen molar-refractivity contribution in [1.29, 1.82) is 0 Å². The highest BCUT2D eigenvalue weighted by atomic mass is 31.0. The molecule has 0 aromatic heterocycles. The molecule has 3 atom stereocenters. The van der Waals surface area contributed by atoms with Crippen LogP contribution in [0.2, 0.25) is 0 Å². The molecular formula is C26H52N5OP. The second-order valence-corrected chi connectivity index (χ2v) is 10.00. The minimum atomic E-state index is -0.242. The third kappa shape index (κ3) is 15.1. The lowest BCUT2D eigenvalue weighted by molar-refractivity contribution is 0.0971. The molecule has 33 heavy (non-hydrogen) atoms. The van der Waals surface area contributed by atoms with Gasteiger partial charge in [-0.05, 0) is 45.0 Å². The summed E-state index contributed by atoms with van der Waals surface area (Å²) in [5.74, 6) is 0.232. The van der Waals surface area contributed by atoms with Crippen LogP contribution in [0.4, 0.5) is 0 Å². The Balaban J connectivity index is 0.000000412. The van der Waals surface area contributed by atoms with Gasteiger partial charge in [-0.2, -0.15) is 0 Å². The molecule has 0 saturated carbocycles. The van der Waals surface area contributed by atoms with Crippen molar-refractivity contribution in [2.75, 3.05) is 78.5 Å². The van der Waals surface area contributed by atoms with Gasteiger partial charge in [0.1, 0.15) is 0 Å². The Bertz CT molecular complexity index is 555. The van der Waals surface area contributed by atoms with Crippen LogP contribution in [0.3, 0.4) is 0 Å². The van der Waals surface area contributed by atoms with Crippen LogP contribution in [-0.4, -0.2) is 115 Å². The third-order valence-electron chi connectivity index (χ3n) is 6.40. The van der Waals surface area contributed by atoms with E-state index in [0.717, 1.165) is 91.4 Å². The zero-order valence-electron chi connectivity index (χ0n) is 21.8. The monoisotopic (exact) mass is 481 g/mol. The van der Waals surface area contributed by atoms with Crippen LogP contribution in [-0.2, 0) is 6.42 Å². The van der Waals surface area contributed by atoms with Gasteiger partial charge in [0, 0.05) is 64.7 Å². The summed E-state index contributed by atoms with van der Waals surface area (Å²) < 4.78 is 0. The molecule has 0 bridgehead atoms. The first-order valence-electron chi connectivity index (χ1n) is 13.0. The van der Waals surface area contributed by atoms with Crippen molar-refractivity contribution in [3.63, 3.8) is 0 Å². The maximum absolute atomic E-state index is 9.73. The molecule has 3 N–H and O–H groups in total. The lowest BCUT2D eigenvalue weighted by Crippen LogP contribution is -2.47.